The molecule has 34 heavy (non-hydrogen) atoms. The van der Waals surface area contributed by atoms with Crippen molar-refractivity contribution in [1.82, 2.24) is 19.5 Å². The molecule has 1 unspecified atom stereocenters. The Kier molecular flexibility index (Phi) is 8.02. The summed E-state index contributed by atoms with van der Waals surface area (Å²) in [6, 6.07) is 14.6. The number of hydrogen-bond acceptors (Lipinski definition) is 5. The van der Waals surface area contributed by atoms with Gasteiger partial charge in [0.1, 0.15) is 5.75 Å². The second kappa shape index (κ2) is 11.4. The number of aryl methyl sites for hydroxylation is 1. The van der Waals surface area contributed by atoms with Crippen molar-refractivity contribution in [2.75, 3.05) is 52.9 Å². The molecular weight excluding hydrogens is 464 g/mol. The normalized spacial score (nSPS) is 19.4. The predicted octanol–water partition coefficient (Wildman–Crippen LogP) is 5.24. The Balaban J connectivity index is 1.02. The van der Waals surface area contributed by atoms with Crippen LogP contribution in [0.2, 0.25) is 5.02 Å². The fourth-order valence-corrected chi connectivity index (χ4v) is 5.96. The maximum Gasteiger partial charge on any atom is 0.119 e. The van der Waals surface area contributed by atoms with E-state index < -0.39 is 0 Å². The molecule has 1 fully saturated rings. The molecular formula is C27H35ClN4OS. The Morgan fingerprint density at radius 1 is 1.12 bits per heavy atom. The van der Waals surface area contributed by atoms with Gasteiger partial charge in [0.2, 0.25) is 0 Å². The number of fused-ring (bicyclic) bond motifs is 3. The number of H-pyrrole nitrogens is 1. The van der Waals surface area contributed by atoms with E-state index in [-0.39, 0.29) is 0 Å². The first-order valence-electron chi connectivity index (χ1n) is 12.5. The fraction of sp³-hybridized carbons (Fsp3) is 0.481. The highest BCUT2D eigenvalue weighted by atomic mass is 35.5. The van der Waals surface area contributed by atoms with Gasteiger partial charge in [-0.15, -0.1) is 0 Å². The molecule has 5 nitrogen and oxygen atoms in total. The third-order valence-corrected chi connectivity index (χ3v) is 8.17. The zero-order chi connectivity index (χ0) is 23.3. The number of ether oxygens (including phenoxy) is 1. The van der Waals surface area contributed by atoms with E-state index in [1.807, 2.05) is 6.07 Å². The number of rotatable bonds is 9. The molecule has 3 aromatic rings. The van der Waals surface area contributed by atoms with Crippen LogP contribution in [-0.2, 0) is 12.8 Å². The topological polar surface area (TPSA) is 43.5 Å². The van der Waals surface area contributed by atoms with E-state index in [9.17, 15) is 0 Å². The van der Waals surface area contributed by atoms with Gasteiger partial charge in [0, 0.05) is 65.8 Å². The zero-order valence-corrected chi connectivity index (χ0v) is 21.6. The summed E-state index contributed by atoms with van der Waals surface area (Å²) in [5.41, 5.74) is 4.05. The van der Waals surface area contributed by atoms with Gasteiger partial charge in [-0.1, -0.05) is 11.6 Å². The van der Waals surface area contributed by atoms with Crippen LogP contribution in [-0.4, -0.2) is 67.7 Å². The number of aromatic nitrogens is 1. The predicted molar refractivity (Wildman–Crippen MR) is 143 cm³/mol. The Morgan fingerprint density at radius 3 is 2.76 bits per heavy atom. The van der Waals surface area contributed by atoms with Crippen LogP contribution in [0.25, 0.3) is 10.9 Å². The lowest BCUT2D eigenvalue weighted by molar-refractivity contribution is 0.145. The van der Waals surface area contributed by atoms with Gasteiger partial charge < -0.3 is 19.5 Å². The lowest BCUT2D eigenvalue weighted by atomic mass is 9.86. The van der Waals surface area contributed by atoms with Crippen molar-refractivity contribution in [3.63, 3.8) is 0 Å². The second-order valence-electron chi connectivity index (χ2n) is 9.65. The number of hydrogen-bond donors (Lipinski definition) is 2. The van der Waals surface area contributed by atoms with Gasteiger partial charge >= 0.3 is 0 Å². The molecule has 1 aliphatic carbocycles. The maximum atomic E-state index is 6.25. The third-order valence-electron chi connectivity index (χ3n) is 7.12. The molecule has 1 aromatic heterocycles. The van der Waals surface area contributed by atoms with Gasteiger partial charge in [-0.25, -0.2) is 0 Å². The number of likely N-dealkylation sites (N-methyl/N-ethyl adjacent to an activating group) is 1. The first kappa shape index (κ1) is 24.0. The minimum absolute atomic E-state index is 0.640. The summed E-state index contributed by atoms with van der Waals surface area (Å²) in [5.74, 6) is 1.60. The SMILES string of the molecule is CN1CCN(CCCOc2ccc(SNCC3CCc4[nH]c5ccc(Cl)cc5c4C3)cc2)CC1. The summed E-state index contributed by atoms with van der Waals surface area (Å²) in [7, 11) is 2.20. The summed E-state index contributed by atoms with van der Waals surface area (Å²) >= 11 is 7.96. The van der Waals surface area contributed by atoms with E-state index in [1.165, 1.54) is 59.7 Å². The molecule has 2 aromatic carbocycles. The highest BCUT2D eigenvalue weighted by Gasteiger charge is 2.22. The molecule has 0 spiro atoms. The molecule has 2 N–H and O–H groups in total. The van der Waals surface area contributed by atoms with Crippen molar-refractivity contribution in [2.45, 2.75) is 30.6 Å². The van der Waals surface area contributed by atoms with Gasteiger partial charge in [0.15, 0.2) is 0 Å². The molecule has 182 valence electrons. The lowest BCUT2D eigenvalue weighted by Crippen LogP contribution is -2.44. The van der Waals surface area contributed by atoms with E-state index in [2.05, 4.69) is 63.0 Å². The molecule has 1 atom stereocenters. The van der Waals surface area contributed by atoms with Gasteiger partial charge in [-0.2, -0.15) is 0 Å². The summed E-state index contributed by atoms with van der Waals surface area (Å²) in [6.45, 7) is 7.60. The zero-order valence-electron chi connectivity index (χ0n) is 20.0. The van der Waals surface area contributed by atoms with Gasteiger partial charge in [-0.3, -0.25) is 4.72 Å². The number of benzene rings is 2. The van der Waals surface area contributed by atoms with Crippen molar-refractivity contribution >= 4 is 34.5 Å². The Bertz CT molecular complexity index is 1080. The van der Waals surface area contributed by atoms with E-state index in [1.54, 1.807) is 11.9 Å². The van der Waals surface area contributed by atoms with Gasteiger partial charge in [-0.05, 0) is 98.6 Å². The van der Waals surface area contributed by atoms with Crippen LogP contribution in [0.5, 0.6) is 5.75 Å². The van der Waals surface area contributed by atoms with E-state index >= 15 is 0 Å². The first-order chi connectivity index (χ1) is 16.6. The first-order valence-corrected chi connectivity index (χ1v) is 13.7. The van der Waals surface area contributed by atoms with Crippen LogP contribution < -0.4 is 9.46 Å². The third kappa shape index (κ3) is 6.10. The molecule has 0 amide bonds. The minimum Gasteiger partial charge on any atom is -0.494 e. The molecule has 2 heterocycles. The van der Waals surface area contributed by atoms with Gasteiger partial charge in [0.25, 0.3) is 0 Å². The number of halogens is 1. The number of nitrogens with zero attached hydrogens (tertiary/aromatic N) is 2. The number of piperazine rings is 1. The molecule has 0 saturated carbocycles. The molecule has 7 heteroatoms. The Morgan fingerprint density at radius 2 is 1.94 bits per heavy atom. The van der Waals surface area contributed by atoms with Crippen LogP contribution in [0.15, 0.2) is 47.4 Å². The molecule has 5 rings (SSSR count). The number of aromatic amines is 1. The quantitative estimate of drug-likeness (QED) is 0.312. The minimum atomic E-state index is 0.640. The van der Waals surface area contributed by atoms with Crippen LogP contribution in [0.1, 0.15) is 24.1 Å². The van der Waals surface area contributed by atoms with E-state index in [0.29, 0.717) is 5.92 Å². The molecule has 1 aliphatic heterocycles. The van der Waals surface area contributed by atoms with Crippen molar-refractivity contribution in [2.24, 2.45) is 5.92 Å². The Labute approximate surface area is 212 Å². The molecule has 2 aliphatic rings. The smallest absolute Gasteiger partial charge is 0.119 e. The van der Waals surface area contributed by atoms with Crippen molar-refractivity contribution < 1.29 is 4.74 Å². The summed E-state index contributed by atoms with van der Waals surface area (Å²) in [4.78, 5) is 9.74. The van der Waals surface area contributed by atoms with Crippen LogP contribution in [0.4, 0.5) is 0 Å². The highest BCUT2D eigenvalue weighted by molar-refractivity contribution is 7.97. The average Bonchev–Trinajstić information content (AvgIpc) is 3.21. The monoisotopic (exact) mass is 498 g/mol. The van der Waals surface area contributed by atoms with Crippen molar-refractivity contribution in [3.8, 4) is 5.75 Å². The van der Waals surface area contributed by atoms with Crippen LogP contribution >= 0.6 is 23.5 Å². The fourth-order valence-electron chi connectivity index (χ4n) is 5.03. The largest absolute Gasteiger partial charge is 0.494 e. The molecule has 0 radical (unpaired) electrons. The average molecular weight is 499 g/mol. The maximum absolute atomic E-state index is 6.25. The number of nitrogens with one attached hydrogen (secondary N) is 2. The summed E-state index contributed by atoms with van der Waals surface area (Å²) in [6.07, 6.45) is 4.50. The van der Waals surface area contributed by atoms with E-state index in [4.69, 9.17) is 16.3 Å². The molecule has 0 bridgehead atoms. The summed E-state index contributed by atoms with van der Waals surface area (Å²) in [5, 5.41) is 2.10. The van der Waals surface area contributed by atoms with Gasteiger partial charge in [0.05, 0.1) is 6.61 Å². The molecule has 1 saturated heterocycles. The highest BCUT2D eigenvalue weighted by Crippen LogP contribution is 2.33. The van der Waals surface area contributed by atoms with E-state index in [0.717, 1.165) is 49.7 Å². The lowest BCUT2D eigenvalue weighted by Gasteiger charge is -2.32. The van der Waals surface area contributed by atoms with Crippen molar-refractivity contribution in [1.29, 1.82) is 0 Å². The van der Waals surface area contributed by atoms with Crippen LogP contribution in [0, 0.1) is 5.92 Å². The summed E-state index contributed by atoms with van der Waals surface area (Å²) < 4.78 is 9.56. The standard InChI is InChI=1S/C27H35ClN4OS/c1-31-12-14-32(15-13-31)11-2-16-33-22-5-7-23(8-6-22)34-29-19-20-3-9-26-24(17-20)25-18-21(28)4-10-27(25)30-26/h4-8,10,18,20,29-30H,2-3,9,11-17,19H2,1H3. The van der Waals surface area contributed by atoms with Crippen molar-refractivity contribution in [3.05, 3.63) is 58.7 Å². The van der Waals surface area contributed by atoms with Crippen LogP contribution in [0.3, 0.4) is 0 Å². The second-order valence-corrected chi connectivity index (χ2v) is 11.1. The Hall–Kier alpha value is -1.70.